The van der Waals surface area contributed by atoms with Gasteiger partial charge in [0.1, 0.15) is 0 Å². The molecule has 1 amide bonds. The van der Waals surface area contributed by atoms with Crippen molar-refractivity contribution in [2.45, 2.75) is 38.0 Å². The van der Waals surface area contributed by atoms with Gasteiger partial charge in [-0.3, -0.25) is 4.79 Å². The fourth-order valence-corrected chi connectivity index (χ4v) is 5.03. The van der Waals surface area contributed by atoms with E-state index in [0.717, 1.165) is 9.87 Å². The summed E-state index contributed by atoms with van der Waals surface area (Å²) in [5.74, 6) is -1.05. The van der Waals surface area contributed by atoms with Crippen molar-refractivity contribution >= 4 is 21.9 Å². The van der Waals surface area contributed by atoms with Crippen LogP contribution < -0.4 is 0 Å². The number of carbonyl (C=O) groups excluding carboxylic acids is 2. The summed E-state index contributed by atoms with van der Waals surface area (Å²) in [5, 5.41) is 0. The van der Waals surface area contributed by atoms with E-state index in [2.05, 4.69) is 0 Å². The fraction of sp³-hybridized carbons (Fsp3) is 0.444. The molecular weight excluding hydrogens is 342 g/mol. The Morgan fingerprint density at radius 1 is 1.24 bits per heavy atom. The number of ether oxygens (including phenoxy) is 1. The Morgan fingerprint density at radius 3 is 2.56 bits per heavy atom. The maximum absolute atomic E-state index is 13.0. The van der Waals surface area contributed by atoms with Gasteiger partial charge in [0, 0.05) is 12.1 Å². The van der Waals surface area contributed by atoms with Crippen molar-refractivity contribution in [2.24, 2.45) is 5.41 Å². The summed E-state index contributed by atoms with van der Waals surface area (Å²) in [6.07, 6.45) is 3.03. The van der Waals surface area contributed by atoms with Crippen LogP contribution in [-0.2, 0) is 24.3 Å². The molecule has 1 atom stereocenters. The number of sulfonamides is 1. The minimum Gasteiger partial charge on any atom is -0.463 e. The average Bonchev–Trinajstić information content (AvgIpc) is 3.14. The molecule has 25 heavy (non-hydrogen) atoms. The van der Waals surface area contributed by atoms with Gasteiger partial charge in [0.25, 0.3) is 10.0 Å². The number of hydrogen-bond acceptors (Lipinski definition) is 5. The maximum atomic E-state index is 13.0. The number of esters is 1. The molecule has 6 nitrogen and oxygen atoms in total. The van der Waals surface area contributed by atoms with Crippen LogP contribution in [0.25, 0.3) is 0 Å². The topological polar surface area (TPSA) is 80.8 Å². The Morgan fingerprint density at radius 2 is 1.92 bits per heavy atom. The Balaban J connectivity index is 1.93. The minimum absolute atomic E-state index is 0.0752. The zero-order chi connectivity index (χ0) is 18.2. The molecule has 2 aliphatic rings. The van der Waals surface area contributed by atoms with Crippen LogP contribution in [0, 0.1) is 12.3 Å². The third-order valence-electron chi connectivity index (χ3n) is 4.92. The van der Waals surface area contributed by atoms with E-state index >= 15 is 0 Å². The van der Waals surface area contributed by atoms with Crippen molar-refractivity contribution in [3.8, 4) is 0 Å². The van der Waals surface area contributed by atoms with Gasteiger partial charge in [-0.05, 0) is 45.2 Å². The van der Waals surface area contributed by atoms with E-state index in [1.165, 1.54) is 12.1 Å². The van der Waals surface area contributed by atoms with Crippen LogP contribution in [0.2, 0.25) is 0 Å². The monoisotopic (exact) mass is 363 g/mol. The molecule has 1 aromatic rings. The molecule has 0 radical (unpaired) electrons. The molecule has 1 aliphatic heterocycles. The lowest BCUT2D eigenvalue weighted by Gasteiger charge is -2.25. The molecule has 1 aliphatic carbocycles. The molecule has 7 heteroatoms. The van der Waals surface area contributed by atoms with Crippen molar-refractivity contribution in [1.29, 1.82) is 0 Å². The largest absolute Gasteiger partial charge is 0.463 e. The summed E-state index contributed by atoms with van der Waals surface area (Å²) in [7, 11) is -3.93. The van der Waals surface area contributed by atoms with E-state index < -0.39 is 27.3 Å². The van der Waals surface area contributed by atoms with Gasteiger partial charge in [-0.15, -0.1) is 0 Å². The van der Waals surface area contributed by atoms with Crippen molar-refractivity contribution in [3.63, 3.8) is 0 Å². The van der Waals surface area contributed by atoms with Crippen molar-refractivity contribution in [2.75, 3.05) is 13.2 Å². The predicted molar refractivity (Wildman–Crippen MR) is 91.1 cm³/mol. The molecule has 1 fully saturated rings. The highest BCUT2D eigenvalue weighted by molar-refractivity contribution is 7.89. The predicted octanol–water partition coefficient (Wildman–Crippen LogP) is 2.19. The van der Waals surface area contributed by atoms with Crippen LogP contribution in [-0.4, -0.2) is 37.8 Å². The van der Waals surface area contributed by atoms with E-state index in [1.807, 2.05) is 6.92 Å². The van der Waals surface area contributed by atoms with Crippen LogP contribution in [0.4, 0.5) is 0 Å². The first-order valence-corrected chi connectivity index (χ1v) is 9.78. The fourth-order valence-electron chi connectivity index (χ4n) is 3.57. The highest BCUT2D eigenvalue weighted by Gasteiger charge is 2.56. The number of amides is 1. The lowest BCUT2D eigenvalue weighted by atomic mass is 9.79. The molecule has 1 saturated heterocycles. The summed E-state index contributed by atoms with van der Waals surface area (Å²) in [5.41, 5.74) is 0.178. The summed E-state index contributed by atoms with van der Waals surface area (Å²) in [6.45, 7) is 3.85. The first-order chi connectivity index (χ1) is 11.8. The van der Waals surface area contributed by atoms with Gasteiger partial charge in [0.15, 0.2) is 0 Å². The highest BCUT2D eigenvalue weighted by atomic mass is 32.2. The van der Waals surface area contributed by atoms with Crippen LogP contribution >= 0.6 is 0 Å². The normalized spacial score (nSPS) is 23.2. The molecule has 1 heterocycles. The molecule has 134 valence electrons. The molecule has 1 unspecified atom stereocenters. The van der Waals surface area contributed by atoms with E-state index in [0.29, 0.717) is 24.8 Å². The van der Waals surface area contributed by atoms with E-state index in [4.69, 9.17) is 4.74 Å². The minimum atomic E-state index is -3.93. The van der Waals surface area contributed by atoms with Crippen molar-refractivity contribution in [3.05, 3.63) is 41.5 Å². The van der Waals surface area contributed by atoms with Gasteiger partial charge in [-0.1, -0.05) is 23.8 Å². The Hall–Kier alpha value is -2.15. The first-order valence-electron chi connectivity index (χ1n) is 8.34. The van der Waals surface area contributed by atoms with Gasteiger partial charge < -0.3 is 4.74 Å². The third-order valence-corrected chi connectivity index (χ3v) is 6.71. The number of carbonyl (C=O) groups is 2. The second-order valence-electron chi connectivity index (χ2n) is 6.40. The molecule has 3 rings (SSSR count). The number of nitrogens with zero attached hydrogens (tertiary/aromatic N) is 1. The van der Waals surface area contributed by atoms with Gasteiger partial charge >= 0.3 is 5.97 Å². The number of hydrogen-bond donors (Lipinski definition) is 0. The molecule has 1 aromatic carbocycles. The second-order valence-corrected chi connectivity index (χ2v) is 8.27. The summed E-state index contributed by atoms with van der Waals surface area (Å²) in [6, 6.07) is 6.39. The molecule has 0 aromatic heterocycles. The quantitative estimate of drug-likeness (QED) is 0.766. The average molecular weight is 363 g/mol. The van der Waals surface area contributed by atoms with Gasteiger partial charge in [0.05, 0.1) is 16.9 Å². The van der Waals surface area contributed by atoms with Crippen LogP contribution in [0.3, 0.4) is 0 Å². The van der Waals surface area contributed by atoms with E-state index in [1.54, 1.807) is 25.1 Å². The second kappa shape index (κ2) is 6.29. The molecule has 0 N–H and O–H groups in total. The lowest BCUT2D eigenvalue weighted by Crippen LogP contribution is -2.39. The Bertz CT molecular complexity index is 841. The highest BCUT2D eigenvalue weighted by Crippen LogP contribution is 2.49. The van der Waals surface area contributed by atoms with Gasteiger partial charge in [-0.2, -0.15) is 0 Å². The zero-order valence-electron chi connectivity index (χ0n) is 14.3. The summed E-state index contributed by atoms with van der Waals surface area (Å²) < 4.78 is 31.7. The number of aryl methyl sites for hydroxylation is 1. The lowest BCUT2D eigenvalue weighted by molar-refractivity contribution is -0.142. The Labute approximate surface area is 147 Å². The standard InChI is InChI=1S/C18H21NO5S/c1-3-24-16(20)15-5-4-10-18(15)11-12-19(17(18)21)25(22,23)14-8-6-13(2)7-9-14/h5-9H,3-4,10-12H2,1-2H3. The third kappa shape index (κ3) is 2.76. The molecule has 1 spiro atoms. The number of benzene rings is 1. The smallest absolute Gasteiger partial charge is 0.334 e. The van der Waals surface area contributed by atoms with Gasteiger partial charge in [0.2, 0.25) is 5.91 Å². The number of allylic oxidation sites excluding steroid dienone is 1. The van der Waals surface area contributed by atoms with Crippen LogP contribution in [0.15, 0.2) is 40.8 Å². The maximum Gasteiger partial charge on any atom is 0.334 e. The summed E-state index contributed by atoms with van der Waals surface area (Å²) >= 11 is 0. The Kier molecular flexibility index (Phi) is 4.45. The zero-order valence-corrected chi connectivity index (χ0v) is 15.1. The molecular formula is C18H21NO5S. The van der Waals surface area contributed by atoms with Crippen LogP contribution in [0.1, 0.15) is 31.7 Å². The SMILES string of the molecule is CCOC(=O)C1=CCCC12CCN(S(=O)(=O)c1ccc(C)cc1)C2=O. The van der Waals surface area contributed by atoms with Crippen LogP contribution in [0.5, 0.6) is 0 Å². The summed E-state index contributed by atoms with van der Waals surface area (Å²) in [4.78, 5) is 25.3. The molecule has 0 bridgehead atoms. The van der Waals surface area contributed by atoms with Gasteiger partial charge in [-0.25, -0.2) is 17.5 Å². The van der Waals surface area contributed by atoms with E-state index in [-0.39, 0.29) is 18.0 Å². The van der Waals surface area contributed by atoms with E-state index in [9.17, 15) is 18.0 Å². The first kappa shape index (κ1) is 17.7. The number of rotatable bonds is 4. The van der Waals surface area contributed by atoms with Crippen molar-refractivity contribution < 1.29 is 22.7 Å². The van der Waals surface area contributed by atoms with Crippen molar-refractivity contribution in [1.82, 2.24) is 4.31 Å². The molecule has 0 saturated carbocycles.